The van der Waals surface area contributed by atoms with Crippen molar-refractivity contribution in [3.05, 3.63) is 0 Å². The van der Waals surface area contributed by atoms with Crippen LogP contribution >= 0.6 is 0 Å². The van der Waals surface area contributed by atoms with E-state index in [0.29, 0.717) is 6.42 Å². The standard InChI is InChI=1S/C24H50N2O/c1-5-9-10-11-12-13-14-15-16-17-18-19-20-21-23(6-2,7-3)24(26,8-4)22(25)27/h5-21,26H2,1-4H3,(H2,25,27). The van der Waals surface area contributed by atoms with Crippen LogP contribution in [0.5, 0.6) is 0 Å². The summed E-state index contributed by atoms with van der Waals surface area (Å²) in [4.78, 5) is 12.0. The molecule has 1 atom stereocenters. The summed E-state index contributed by atoms with van der Waals surface area (Å²) in [7, 11) is 0. The predicted molar refractivity (Wildman–Crippen MR) is 120 cm³/mol. The minimum Gasteiger partial charge on any atom is -0.368 e. The molecule has 3 nitrogen and oxygen atoms in total. The lowest BCUT2D eigenvalue weighted by Gasteiger charge is -2.46. The second-order valence-corrected chi connectivity index (χ2v) is 8.67. The fourth-order valence-electron chi connectivity index (χ4n) is 4.75. The number of carbonyl (C=O) groups is 1. The molecule has 4 N–H and O–H groups in total. The molecule has 0 aromatic carbocycles. The Morgan fingerprint density at radius 2 is 1.00 bits per heavy atom. The van der Waals surface area contributed by atoms with Crippen molar-refractivity contribution < 1.29 is 4.79 Å². The average molecular weight is 383 g/mol. The maximum atomic E-state index is 12.0. The highest BCUT2D eigenvalue weighted by molar-refractivity contribution is 5.85. The first-order chi connectivity index (χ1) is 12.9. The van der Waals surface area contributed by atoms with Crippen molar-refractivity contribution in [1.29, 1.82) is 0 Å². The number of rotatable bonds is 19. The van der Waals surface area contributed by atoms with Gasteiger partial charge in [0.15, 0.2) is 0 Å². The van der Waals surface area contributed by atoms with Gasteiger partial charge < -0.3 is 11.5 Å². The van der Waals surface area contributed by atoms with Crippen molar-refractivity contribution in [3.8, 4) is 0 Å². The van der Waals surface area contributed by atoms with Gasteiger partial charge in [-0.1, -0.05) is 111 Å². The molecule has 1 unspecified atom stereocenters. The minimum atomic E-state index is -0.867. The highest BCUT2D eigenvalue weighted by Gasteiger charge is 2.48. The van der Waals surface area contributed by atoms with Crippen molar-refractivity contribution in [2.45, 2.75) is 142 Å². The molecular formula is C24H50N2O. The van der Waals surface area contributed by atoms with Gasteiger partial charge >= 0.3 is 0 Å². The van der Waals surface area contributed by atoms with Crippen molar-refractivity contribution in [2.75, 3.05) is 0 Å². The normalized spacial score (nSPS) is 14.3. The summed E-state index contributed by atoms with van der Waals surface area (Å²) < 4.78 is 0. The smallest absolute Gasteiger partial charge is 0.238 e. The molecule has 0 aromatic rings. The minimum absolute atomic E-state index is 0.147. The average Bonchev–Trinajstić information content (AvgIpc) is 2.68. The van der Waals surface area contributed by atoms with Gasteiger partial charge in [-0.15, -0.1) is 0 Å². The van der Waals surface area contributed by atoms with Crippen molar-refractivity contribution in [3.63, 3.8) is 0 Å². The van der Waals surface area contributed by atoms with Crippen molar-refractivity contribution in [2.24, 2.45) is 16.9 Å². The van der Waals surface area contributed by atoms with Crippen LogP contribution in [0.25, 0.3) is 0 Å². The molecule has 0 bridgehead atoms. The topological polar surface area (TPSA) is 69.1 Å². The molecule has 0 aliphatic heterocycles. The summed E-state index contributed by atoms with van der Waals surface area (Å²) in [5.74, 6) is -0.330. The third-order valence-corrected chi connectivity index (χ3v) is 7.06. The summed E-state index contributed by atoms with van der Waals surface area (Å²) in [5, 5.41) is 0. The Labute approximate surface area is 170 Å². The summed E-state index contributed by atoms with van der Waals surface area (Å²) in [6, 6.07) is 0. The van der Waals surface area contributed by atoms with Crippen LogP contribution in [0.3, 0.4) is 0 Å². The maximum absolute atomic E-state index is 12.0. The molecule has 0 aromatic heterocycles. The van der Waals surface area contributed by atoms with Crippen LogP contribution in [-0.2, 0) is 4.79 Å². The Morgan fingerprint density at radius 1 is 0.630 bits per heavy atom. The quantitative estimate of drug-likeness (QED) is 0.239. The molecule has 162 valence electrons. The van der Waals surface area contributed by atoms with E-state index in [1.165, 1.54) is 77.0 Å². The Kier molecular flexibility index (Phi) is 15.0. The molecular weight excluding hydrogens is 332 g/mol. The van der Waals surface area contributed by atoms with E-state index in [4.69, 9.17) is 11.5 Å². The van der Waals surface area contributed by atoms with E-state index in [9.17, 15) is 4.79 Å². The van der Waals surface area contributed by atoms with E-state index in [-0.39, 0.29) is 11.3 Å². The lowest BCUT2D eigenvalue weighted by molar-refractivity contribution is -0.129. The van der Waals surface area contributed by atoms with E-state index < -0.39 is 5.54 Å². The van der Waals surface area contributed by atoms with E-state index in [1.54, 1.807) is 0 Å². The van der Waals surface area contributed by atoms with Crippen LogP contribution in [0.1, 0.15) is 137 Å². The van der Waals surface area contributed by atoms with Crippen molar-refractivity contribution >= 4 is 5.91 Å². The fourth-order valence-corrected chi connectivity index (χ4v) is 4.75. The van der Waals surface area contributed by atoms with Crippen LogP contribution in [0, 0.1) is 5.41 Å². The Morgan fingerprint density at radius 3 is 1.30 bits per heavy atom. The molecule has 0 aliphatic carbocycles. The van der Waals surface area contributed by atoms with Crippen LogP contribution in [0.15, 0.2) is 0 Å². The largest absolute Gasteiger partial charge is 0.368 e. The number of unbranched alkanes of at least 4 members (excludes halogenated alkanes) is 12. The van der Waals surface area contributed by atoms with Crippen molar-refractivity contribution in [1.82, 2.24) is 0 Å². The first-order valence-corrected chi connectivity index (χ1v) is 12.0. The molecule has 3 heteroatoms. The molecule has 0 saturated heterocycles. The number of primary amides is 1. The van der Waals surface area contributed by atoms with E-state index in [1.807, 2.05) is 6.92 Å². The van der Waals surface area contributed by atoms with Gasteiger partial charge in [0, 0.05) is 0 Å². The van der Waals surface area contributed by atoms with E-state index in [2.05, 4.69) is 20.8 Å². The Balaban J connectivity index is 3.93. The van der Waals surface area contributed by atoms with Gasteiger partial charge in [-0.05, 0) is 31.1 Å². The summed E-state index contributed by atoms with van der Waals surface area (Å²) in [5.41, 5.74) is 11.2. The molecule has 0 fully saturated rings. The second kappa shape index (κ2) is 15.4. The zero-order valence-electron chi connectivity index (χ0n) is 19.1. The third-order valence-electron chi connectivity index (χ3n) is 7.06. The third kappa shape index (κ3) is 8.98. The molecule has 0 radical (unpaired) electrons. The van der Waals surface area contributed by atoms with E-state index >= 15 is 0 Å². The monoisotopic (exact) mass is 382 g/mol. The summed E-state index contributed by atoms with van der Waals surface area (Å²) in [6.45, 7) is 8.59. The predicted octanol–water partition coefficient (Wildman–Crippen LogP) is 6.87. The number of carbonyl (C=O) groups excluding carboxylic acids is 1. The Hall–Kier alpha value is -0.570. The molecule has 1 amide bonds. The van der Waals surface area contributed by atoms with Gasteiger partial charge in [-0.3, -0.25) is 4.79 Å². The molecule has 0 heterocycles. The zero-order valence-corrected chi connectivity index (χ0v) is 19.1. The van der Waals surface area contributed by atoms with Gasteiger partial charge in [-0.25, -0.2) is 0 Å². The molecule has 0 spiro atoms. The first kappa shape index (κ1) is 26.4. The highest BCUT2D eigenvalue weighted by Crippen LogP contribution is 2.43. The zero-order chi connectivity index (χ0) is 20.6. The van der Waals surface area contributed by atoms with Crippen LogP contribution < -0.4 is 11.5 Å². The number of hydrogen-bond donors (Lipinski definition) is 2. The second-order valence-electron chi connectivity index (χ2n) is 8.67. The maximum Gasteiger partial charge on any atom is 0.238 e. The number of nitrogens with two attached hydrogens (primary N) is 2. The molecule has 0 saturated carbocycles. The number of amides is 1. The lowest BCUT2D eigenvalue weighted by atomic mass is 9.62. The lowest BCUT2D eigenvalue weighted by Crippen LogP contribution is -2.63. The summed E-state index contributed by atoms with van der Waals surface area (Å²) >= 11 is 0. The van der Waals surface area contributed by atoms with Crippen LogP contribution in [0.4, 0.5) is 0 Å². The Bertz CT molecular complexity index is 365. The molecule has 27 heavy (non-hydrogen) atoms. The van der Waals surface area contributed by atoms with Gasteiger partial charge in [0.25, 0.3) is 0 Å². The first-order valence-electron chi connectivity index (χ1n) is 12.0. The van der Waals surface area contributed by atoms with Gasteiger partial charge in [-0.2, -0.15) is 0 Å². The van der Waals surface area contributed by atoms with Gasteiger partial charge in [0.2, 0.25) is 5.91 Å². The van der Waals surface area contributed by atoms with Crippen LogP contribution in [0.2, 0.25) is 0 Å². The highest BCUT2D eigenvalue weighted by atomic mass is 16.1. The van der Waals surface area contributed by atoms with Gasteiger partial charge in [0.05, 0.1) is 0 Å². The molecule has 0 rings (SSSR count). The summed E-state index contributed by atoms with van der Waals surface area (Å²) in [6.07, 6.45) is 21.2. The fraction of sp³-hybridized carbons (Fsp3) is 0.958. The number of hydrogen-bond acceptors (Lipinski definition) is 2. The van der Waals surface area contributed by atoms with E-state index in [0.717, 1.165) is 25.7 Å². The SMILES string of the molecule is CCCCCCCCCCCCCCCC(CC)(CC)C(N)(CC)C(N)=O. The van der Waals surface area contributed by atoms with Gasteiger partial charge in [0.1, 0.15) is 5.54 Å². The molecule has 0 aliphatic rings. The van der Waals surface area contributed by atoms with Crippen LogP contribution in [-0.4, -0.2) is 11.4 Å².